The molecule has 3 rings (SSSR count). The number of aliphatic hydroxyl groups is 2. The highest BCUT2D eigenvalue weighted by Crippen LogP contribution is 2.39. The predicted octanol–water partition coefficient (Wildman–Crippen LogP) is 12.6. The number of hydrogen-bond acceptors (Lipinski definition) is 8. The summed E-state index contributed by atoms with van der Waals surface area (Å²) in [6, 6.07) is 15.0. The summed E-state index contributed by atoms with van der Waals surface area (Å²) < 4.78 is 24.2. The molecule has 0 spiro atoms. The van der Waals surface area contributed by atoms with E-state index in [2.05, 4.69) is 26.0 Å². The van der Waals surface area contributed by atoms with Crippen molar-refractivity contribution >= 4 is 23.3 Å². The Morgan fingerprint density at radius 2 is 0.870 bits per heavy atom. The molecule has 0 bridgehead atoms. The normalized spacial score (nSPS) is 11.8. The van der Waals surface area contributed by atoms with Gasteiger partial charge in [0.15, 0.2) is 0 Å². The molecule has 54 heavy (non-hydrogen) atoms. The van der Waals surface area contributed by atoms with Crippen LogP contribution in [0.25, 0.3) is 23.3 Å². The van der Waals surface area contributed by atoms with E-state index in [0.29, 0.717) is 70.0 Å². The first-order valence-corrected chi connectivity index (χ1v) is 20.6. The number of ether oxygens (including phenoxy) is 2. The first kappa shape index (κ1) is 44.2. The number of unbranched alkanes of at least 4 members (excludes halogenated alkanes) is 18. The number of hydrogen-bond donors (Lipinski definition) is 2. The van der Waals surface area contributed by atoms with E-state index >= 15 is 0 Å². The van der Waals surface area contributed by atoms with Crippen molar-refractivity contribution in [3.8, 4) is 23.6 Å². The van der Waals surface area contributed by atoms with Gasteiger partial charge in [0.2, 0.25) is 0 Å². The molecule has 0 fully saturated rings. The molecule has 0 saturated carbocycles. The number of nitriles is 2. The molecule has 0 aliphatic rings. The molecule has 8 heteroatoms. The molecule has 0 aliphatic heterocycles. The minimum atomic E-state index is -0.243. The highest BCUT2D eigenvalue weighted by atomic mass is 16.5. The Morgan fingerprint density at radius 1 is 0.537 bits per heavy atom. The molecule has 3 aromatic rings. The molecule has 1 aromatic carbocycles. The highest BCUT2D eigenvalue weighted by molar-refractivity contribution is 5.95. The summed E-state index contributed by atoms with van der Waals surface area (Å²) in [5.74, 6) is 2.60. The van der Waals surface area contributed by atoms with Gasteiger partial charge in [0, 0.05) is 11.1 Å². The van der Waals surface area contributed by atoms with Gasteiger partial charge < -0.3 is 28.5 Å². The van der Waals surface area contributed by atoms with Gasteiger partial charge in [-0.05, 0) is 61.4 Å². The van der Waals surface area contributed by atoms with Crippen LogP contribution in [-0.4, -0.2) is 23.4 Å². The molecule has 0 atom stereocenters. The van der Waals surface area contributed by atoms with Crippen LogP contribution in [-0.2, 0) is 13.2 Å². The van der Waals surface area contributed by atoms with Gasteiger partial charge in [-0.1, -0.05) is 129 Å². The van der Waals surface area contributed by atoms with Gasteiger partial charge in [0.05, 0.1) is 24.4 Å². The van der Waals surface area contributed by atoms with E-state index in [9.17, 15) is 20.7 Å². The largest absolute Gasteiger partial charge is 0.493 e. The zero-order valence-electron chi connectivity index (χ0n) is 33.0. The van der Waals surface area contributed by atoms with Crippen LogP contribution in [0.5, 0.6) is 11.5 Å². The van der Waals surface area contributed by atoms with E-state index in [0.717, 1.165) is 38.5 Å². The maximum atomic E-state index is 10.4. The van der Waals surface area contributed by atoms with Crippen LogP contribution in [0.1, 0.15) is 176 Å². The number of benzene rings is 1. The van der Waals surface area contributed by atoms with E-state index in [-0.39, 0.29) is 13.2 Å². The van der Waals surface area contributed by atoms with E-state index in [4.69, 9.17) is 18.3 Å². The maximum absolute atomic E-state index is 10.4. The minimum absolute atomic E-state index is 0.243. The highest BCUT2D eigenvalue weighted by Gasteiger charge is 2.20. The fraction of sp³-hybridized carbons (Fsp3) is 0.565. The number of rotatable bonds is 30. The van der Waals surface area contributed by atoms with Crippen molar-refractivity contribution < 1.29 is 28.5 Å². The Labute approximate surface area is 324 Å². The lowest BCUT2D eigenvalue weighted by Gasteiger charge is -2.17. The number of aliphatic hydroxyl groups excluding tert-OH is 2. The van der Waals surface area contributed by atoms with Crippen LogP contribution < -0.4 is 9.47 Å². The smallest absolute Gasteiger partial charge is 0.130 e. The van der Waals surface area contributed by atoms with Crippen LogP contribution >= 0.6 is 0 Å². The Balaban J connectivity index is 1.84. The lowest BCUT2D eigenvalue weighted by molar-refractivity contribution is 0.246. The Kier molecular flexibility index (Phi) is 22.4. The van der Waals surface area contributed by atoms with Crippen LogP contribution in [0.2, 0.25) is 0 Å². The minimum Gasteiger partial charge on any atom is -0.493 e. The molecule has 0 radical (unpaired) electrons. The Hall–Kier alpha value is -4.24. The van der Waals surface area contributed by atoms with Gasteiger partial charge in [-0.25, -0.2) is 0 Å². The van der Waals surface area contributed by atoms with Crippen LogP contribution in [0.15, 0.2) is 45.2 Å². The molecule has 0 unspecified atom stereocenters. The van der Waals surface area contributed by atoms with Crippen molar-refractivity contribution in [3.63, 3.8) is 0 Å². The van der Waals surface area contributed by atoms with Crippen molar-refractivity contribution in [1.29, 1.82) is 10.5 Å². The predicted molar refractivity (Wildman–Crippen MR) is 217 cm³/mol. The van der Waals surface area contributed by atoms with Crippen LogP contribution in [0.3, 0.4) is 0 Å². The van der Waals surface area contributed by atoms with E-state index in [1.807, 2.05) is 0 Å². The molecule has 0 saturated heterocycles. The van der Waals surface area contributed by atoms with E-state index in [1.54, 1.807) is 48.6 Å². The van der Waals surface area contributed by atoms with Crippen molar-refractivity contribution in [3.05, 3.63) is 70.6 Å². The zero-order chi connectivity index (χ0) is 38.6. The second-order valence-electron chi connectivity index (χ2n) is 14.2. The second kappa shape index (κ2) is 27.4. The first-order valence-electron chi connectivity index (χ1n) is 20.6. The van der Waals surface area contributed by atoms with Crippen LogP contribution in [0, 0.1) is 22.7 Å². The summed E-state index contributed by atoms with van der Waals surface area (Å²) in [5, 5.41) is 39.9. The third kappa shape index (κ3) is 16.4. The van der Waals surface area contributed by atoms with Gasteiger partial charge in [-0.3, -0.25) is 0 Å². The molecule has 2 N–H and O–H groups in total. The quantitative estimate of drug-likeness (QED) is 0.0510. The Bertz CT molecular complexity index is 1500. The average Bonchev–Trinajstić information content (AvgIpc) is 3.86. The molecular formula is C46H64N2O6. The second-order valence-corrected chi connectivity index (χ2v) is 14.2. The van der Waals surface area contributed by atoms with E-state index < -0.39 is 0 Å². The summed E-state index contributed by atoms with van der Waals surface area (Å²) in [5.41, 5.74) is 1.68. The van der Waals surface area contributed by atoms with Crippen LogP contribution in [0.4, 0.5) is 0 Å². The molecule has 8 nitrogen and oxygen atoms in total. The lowest BCUT2D eigenvalue weighted by atomic mass is 9.97. The van der Waals surface area contributed by atoms with Crippen molar-refractivity contribution in [1.82, 2.24) is 0 Å². The molecule has 0 amide bonds. The van der Waals surface area contributed by atoms with Gasteiger partial charge in [0.1, 0.15) is 59.9 Å². The van der Waals surface area contributed by atoms with Crippen molar-refractivity contribution in [2.24, 2.45) is 0 Å². The third-order valence-corrected chi connectivity index (χ3v) is 9.66. The van der Waals surface area contributed by atoms with Gasteiger partial charge in [-0.2, -0.15) is 10.5 Å². The summed E-state index contributed by atoms with van der Waals surface area (Å²) in [6.45, 7) is 4.92. The summed E-state index contributed by atoms with van der Waals surface area (Å²) in [4.78, 5) is 0. The van der Waals surface area contributed by atoms with Gasteiger partial charge >= 0.3 is 0 Å². The van der Waals surface area contributed by atoms with E-state index in [1.165, 1.54) is 89.9 Å². The van der Waals surface area contributed by atoms with Crippen molar-refractivity contribution in [2.45, 2.75) is 155 Å². The lowest BCUT2D eigenvalue weighted by Crippen LogP contribution is -2.05. The first-order chi connectivity index (χ1) is 26.6. The number of nitrogens with zero attached hydrogens (tertiary/aromatic N) is 2. The summed E-state index contributed by atoms with van der Waals surface area (Å²) in [6.07, 6.45) is 27.4. The molecule has 2 heterocycles. The fourth-order valence-electron chi connectivity index (χ4n) is 6.50. The summed E-state index contributed by atoms with van der Waals surface area (Å²) in [7, 11) is 0. The molecular weight excluding hydrogens is 677 g/mol. The van der Waals surface area contributed by atoms with Gasteiger partial charge in [-0.15, -0.1) is 0 Å². The SMILES string of the molecule is CCCCCCCCCCCCOc1cc(/C(C#N)=C/c2ccc(CO)o2)c(OCCCCCCCCCCCC)cc1C(C#N)=Cc1ccc(CO)o1. The third-order valence-electron chi connectivity index (χ3n) is 9.66. The summed E-state index contributed by atoms with van der Waals surface area (Å²) >= 11 is 0. The molecule has 0 aliphatic carbocycles. The Morgan fingerprint density at radius 3 is 1.17 bits per heavy atom. The monoisotopic (exact) mass is 740 g/mol. The van der Waals surface area contributed by atoms with Crippen molar-refractivity contribution in [2.75, 3.05) is 13.2 Å². The molecule has 2 aromatic heterocycles. The van der Waals surface area contributed by atoms with Gasteiger partial charge in [0.25, 0.3) is 0 Å². The molecule has 294 valence electrons. The fourth-order valence-corrected chi connectivity index (χ4v) is 6.50. The topological polar surface area (TPSA) is 133 Å². The number of allylic oxidation sites excluding steroid dienone is 2. The number of furan rings is 2. The standard InChI is InChI=1S/C46H64N2O6/c1-3-5-7-9-11-13-15-17-19-21-27-51-45-31-44(38(34-48)30-40-24-26-42(36-50)54-40)46(52-28-22-20-18-16-14-12-10-8-6-4-2)32-43(45)37(33-47)29-39-23-25-41(35-49)53-39/h23-26,29-32,49-50H,3-22,27-28,35-36H2,1-2H3/b37-29+,38-30?. The maximum Gasteiger partial charge on any atom is 0.130 e. The average molecular weight is 741 g/mol. The zero-order valence-corrected chi connectivity index (χ0v) is 33.0.